The molecule has 1 aliphatic heterocycles. The molecular formula is C19H24N2O4. The second-order valence-electron chi connectivity index (χ2n) is 6.80. The van der Waals surface area contributed by atoms with Gasteiger partial charge in [-0.3, -0.25) is 4.79 Å². The SMILES string of the molecule is CCc1noc(C)c1C(=O)NCCOc1cccc2c1OC(C)(C)C2. The summed E-state index contributed by atoms with van der Waals surface area (Å²) in [5, 5.41) is 6.75. The van der Waals surface area contributed by atoms with Crippen LogP contribution in [-0.4, -0.2) is 29.8 Å². The van der Waals surface area contributed by atoms with Crippen LogP contribution in [0.15, 0.2) is 22.7 Å². The zero-order valence-corrected chi connectivity index (χ0v) is 15.1. The van der Waals surface area contributed by atoms with Crippen molar-refractivity contribution in [3.05, 3.63) is 40.8 Å². The second kappa shape index (κ2) is 6.78. The number of rotatable bonds is 6. The number of amides is 1. The summed E-state index contributed by atoms with van der Waals surface area (Å²) in [6.07, 6.45) is 1.52. The maximum absolute atomic E-state index is 12.3. The van der Waals surface area contributed by atoms with Crippen molar-refractivity contribution < 1.29 is 18.8 Å². The zero-order valence-electron chi connectivity index (χ0n) is 15.1. The Kier molecular flexibility index (Phi) is 4.70. The molecule has 2 heterocycles. The van der Waals surface area contributed by atoms with Crippen molar-refractivity contribution >= 4 is 5.91 Å². The minimum Gasteiger partial charge on any atom is -0.488 e. The van der Waals surface area contributed by atoms with Crippen molar-refractivity contribution in [3.63, 3.8) is 0 Å². The van der Waals surface area contributed by atoms with Crippen molar-refractivity contribution in [1.82, 2.24) is 10.5 Å². The van der Waals surface area contributed by atoms with Crippen LogP contribution in [0.2, 0.25) is 0 Å². The van der Waals surface area contributed by atoms with E-state index < -0.39 is 0 Å². The van der Waals surface area contributed by atoms with Gasteiger partial charge >= 0.3 is 0 Å². The number of ether oxygens (including phenoxy) is 2. The van der Waals surface area contributed by atoms with Gasteiger partial charge in [0.25, 0.3) is 5.91 Å². The van der Waals surface area contributed by atoms with Gasteiger partial charge in [-0.05, 0) is 33.3 Å². The van der Waals surface area contributed by atoms with Crippen molar-refractivity contribution in [1.29, 1.82) is 0 Å². The van der Waals surface area contributed by atoms with E-state index in [9.17, 15) is 4.79 Å². The highest BCUT2D eigenvalue weighted by Crippen LogP contribution is 2.41. The molecule has 0 saturated heterocycles. The first-order chi connectivity index (χ1) is 11.9. The van der Waals surface area contributed by atoms with Gasteiger partial charge in [0.1, 0.15) is 23.5 Å². The quantitative estimate of drug-likeness (QED) is 0.815. The lowest BCUT2D eigenvalue weighted by Gasteiger charge is -2.18. The van der Waals surface area contributed by atoms with E-state index in [4.69, 9.17) is 14.0 Å². The molecule has 2 aromatic rings. The van der Waals surface area contributed by atoms with E-state index in [1.54, 1.807) is 6.92 Å². The maximum Gasteiger partial charge on any atom is 0.256 e. The number of carbonyl (C=O) groups excluding carboxylic acids is 1. The Morgan fingerprint density at radius 2 is 2.20 bits per heavy atom. The average molecular weight is 344 g/mol. The molecule has 0 aliphatic carbocycles. The highest BCUT2D eigenvalue weighted by molar-refractivity contribution is 5.96. The molecule has 0 atom stereocenters. The molecule has 25 heavy (non-hydrogen) atoms. The van der Waals surface area contributed by atoms with Gasteiger partial charge in [-0.25, -0.2) is 0 Å². The van der Waals surface area contributed by atoms with Crippen molar-refractivity contribution in [2.45, 2.75) is 46.1 Å². The molecule has 1 aromatic carbocycles. The molecule has 1 N–H and O–H groups in total. The lowest BCUT2D eigenvalue weighted by Crippen LogP contribution is -2.29. The number of benzene rings is 1. The summed E-state index contributed by atoms with van der Waals surface area (Å²) in [4.78, 5) is 12.3. The Hall–Kier alpha value is -2.50. The third kappa shape index (κ3) is 3.62. The lowest BCUT2D eigenvalue weighted by atomic mass is 10.0. The van der Waals surface area contributed by atoms with Crippen LogP contribution in [-0.2, 0) is 12.8 Å². The summed E-state index contributed by atoms with van der Waals surface area (Å²) in [5.41, 5.74) is 2.14. The summed E-state index contributed by atoms with van der Waals surface area (Å²) in [7, 11) is 0. The van der Waals surface area contributed by atoms with Crippen molar-refractivity contribution in [2.75, 3.05) is 13.2 Å². The van der Waals surface area contributed by atoms with Gasteiger partial charge in [-0.15, -0.1) is 0 Å². The summed E-state index contributed by atoms with van der Waals surface area (Å²) >= 11 is 0. The summed E-state index contributed by atoms with van der Waals surface area (Å²) < 4.78 is 16.9. The van der Waals surface area contributed by atoms with Crippen LogP contribution in [0.1, 0.15) is 48.1 Å². The fourth-order valence-electron chi connectivity index (χ4n) is 3.07. The normalized spacial score (nSPS) is 14.7. The Morgan fingerprint density at radius 1 is 1.40 bits per heavy atom. The first kappa shape index (κ1) is 17.3. The van der Waals surface area contributed by atoms with Gasteiger partial charge in [0.05, 0.1) is 12.2 Å². The summed E-state index contributed by atoms with van der Waals surface area (Å²) in [6.45, 7) is 8.54. The van der Waals surface area contributed by atoms with E-state index in [1.165, 1.54) is 0 Å². The third-order valence-electron chi connectivity index (χ3n) is 4.20. The molecule has 134 valence electrons. The van der Waals surface area contributed by atoms with Crippen LogP contribution >= 0.6 is 0 Å². The Morgan fingerprint density at radius 3 is 2.96 bits per heavy atom. The molecule has 0 fully saturated rings. The van der Waals surface area contributed by atoms with E-state index >= 15 is 0 Å². The van der Waals surface area contributed by atoms with Gasteiger partial charge in [0, 0.05) is 12.0 Å². The number of para-hydroxylation sites is 1. The van der Waals surface area contributed by atoms with Gasteiger partial charge < -0.3 is 19.3 Å². The fraction of sp³-hybridized carbons (Fsp3) is 0.474. The van der Waals surface area contributed by atoms with Gasteiger partial charge in [-0.2, -0.15) is 0 Å². The minimum atomic E-state index is -0.210. The maximum atomic E-state index is 12.3. The molecule has 1 aromatic heterocycles. The molecule has 6 nitrogen and oxygen atoms in total. The van der Waals surface area contributed by atoms with Crippen LogP contribution in [0.25, 0.3) is 0 Å². The standard InChI is InChI=1S/C19H24N2O4/c1-5-14-16(12(2)25-21-14)18(22)20-9-10-23-15-8-6-7-13-11-19(3,4)24-17(13)15/h6-8H,5,9-11H2,1-4H3,(H,20,22). The van der Waals surface area contributed by atoms with Crippen molar-refractivity contribution in [2.24, 2.45) is 0 Å². The predicted molar refractivity (Wildman–Crippen MR) is 93.3 cm³/mol. The van der Waals surface area contributed by atoms with Crippen LogP contribution in [0.4, 0.5) is 0 Å². The number of aromatic nitrogens is 1. The number of hydrogen-bond donors (Lipinski definition) is 1. The molecule has 0 unspecified atom stereocenters. The molecule has 3 rings (SSSR count). The van der Waals surface area contributed by atoms with Gasteiger partial charge in [-0.1, -0.05) is 24.2 Å². The zero-order chi connectivity index (χ0) is 18.0. The number of aryl methyl sites for hydroxylation is 2. The number of nitrogens with one attached hydrogen (secondary N) is 1. The number of carbonyl (C=O) groups is 1. The van der Waals surface area contributed by atoms with Crippen molar-refractivity contribution in [3.8, 4) is 11.5 Å². The lowest BCUT2D eigenvalue weighted by molar-refractivity contribution is 0.0944. The number of nitrogens with zero attached hydrogens (tertiary/aromatic N) is 1. The fourth-order valence-corrected chi connectivity index (χ4v) is 3.07. The Labute approximate surface area is 147 Å². The second-order valence-corrected chi connectivity index (χ2v) is 6.80. The minimum absolute atomic E-state index is 0.185. The van der Waals surface area contributed by atoms with Crippen LogP contribution in [0.5, 0.6) is 11.5 Å². The third-order valence-corrected chi connectivity index (χ3v) is 4.20. The Bertz CT molecular complexity index is 780. The molecule has 1 aliphatic rings. The number of fused-ring (bicyclic) bond motifs is 1. The molecule has 6 heteroatoms. The first-order valence-corrected chi connectivity index (χ1v) is 8.58. The van der Waals surface area contributed by atoms with Crippen LogP contribution in [0, 0.1) is 6.92 Å². The van der Waals surface area contributed by atoms with E-state index in [0.717, 1.165) is 17.7 Å². The van der Waals surface area contributed by atoms with E-state index in [-0.39, 0.29) is 11.5 Å². The first-order valence-electron chi connectivity index (χ1n) is 8.58. The highest BCUT2D eigenvalue weighted by atomic mass is 16.5. The van der Waals surface area contributed by atoms with E-state index in [1.807, 2.05) is 19.1 Å². The molecule has 0 radical (unpaired) electrons. The summed E-state index contributed by atoms with van der Waals surface area (Å²) in [6, 6.07) is 5.91. The monoisotopic (exact) mass is 344 g/mol. The average Bonchev–Trinajstić information content (AvgIpc) is 3.09. The Balaban J connectivity index is 1.56. The molecule has 0 bridgehead atoms. The van der Waals surface area contributed by atoms with Crippen LogP contribution in [0.3, 0.4) is 0 Å². The van der Waals surface area contributed by atoms with Gasteiger partial charge in [0.2, 0.25) is 0 Å². The smallest absolute Gasteiger partial charge is 0.256 e. The van der Waals surface area contributed by atoms with Gasteiger partial charge in [0.15, 0.2) is 11.5 Å². The predicted octanol–water partition coefficient (Wildman–Crippen LogP) is 3.07. The molecule has 0 saturated carbocycles. The van der Waals surface area contributed by atoms with E-state index in [2.05, 4.69) is 30.4 Å². The molecule has 0 spiro atoms. The van der Waals surface area contributed by atoms with Crippen LogP contribution < -0.4 is 14.8 Å². The molecule has 1 amide bonds. The summed E-state index contributed by atoms with van der Waals surface area (Å²) in [5.74, 6) is 1.87. The highest BCUT2D eigenvalue weighted by Gasteiger charge is 2.32. The number of hydrogen-bond acceptors (Lipinski definition) is 5. The largest absolute Gasteiger partial charge is 0.488 e. The van der Waals surface area contributed by atoms with E-state index in [0.29, 0.717) is 42.3 Å². The topological polar surface area (TPSA) is 73.6 Å². The molecular weight excluding hydrogens is 320 g/mol.